The largest absolute Gasteiger partial charge is 0.476 e. The predicted octanol–water partition coefficient (Wildman–Crippen LogP) is 2.57. The normalized spacial score (nSPS) is 10.4. The molecule has 1 rings (SSSR count). The zero-order chi connectivity index (χ0) is 12.2. The van der Waals surface area contributed by atoms with E-state index < -0.39 is 11.6 Å². The lowest BCUT2D eigenvalue weighted by atomic mass is 10.1. The molecule has 0 spiro atoms. The van der Waals surface area contributed by atoms with Gasteiger partial charge in [-0.15, -0.1) is 0 Å². The maximum atomic E-state index is 11.4. The molecule has 0 N–H and O–H groups in total. The molecule has 4 heteroatoms. The van der Waals surface area contributed by atoms with Crippen LogP contribution in [0.4, 0.5) is 5.69 Å². The molecule has 16 heavy (non-hydrogen) atoms. The number of methoxy groups -OCH3 is 1. The number of hydrogen-bond acceptors (Lipinski definition) is 3. The highest BCUT2D eigenvalue weighted by atomic mass is 16.6. The fourth-order valence-electron chi connectivity index (χ4n) is 1.17. The standard InChI is InChI=1S/C12H13NO3/c1-12(2,11(14)15-4)16-10-7-5-9(13-3)6-8-10/h5-8H,1-2,4H3. The van der Waals surface area contributed by atoms with Crippen molar-refractivity contribution in [2.75, 3.05) is 7.11 Å². The summed E-state index contributed by atoms with van der Waals surface area (Å²) < 4.78 is 10.1. The van der Waals surface area contributed by atoms with E-state index in [4.69, 9.17) is 11.3 Å². The van der Waals surface area contributed by atoms with Crippen molar-refractivity contribution in [3.63, 3.8) is 0 Å². The van der Waals surface area contributed by atoms with Gasteiger partial charge in [0.05, 0.1) is 13.7 Å². The minimum absolute atomic E-state index is 0.443. The Labute approximate surface area is 94.6 Å². The Hall–Kier alpha value is -2.02. The van der Waals surface area contributed by atoms with Crippen molar-refractivity contribution in [3.05, 3.63) is 35.7 Å². The number of ether oxygens (including phenoxy) is 2. The summed E-state index contributed by atoms with van der Waals surface area (Å²) in [4.78, 5) is 14.6. The van der Waals surface area contributed by atoms with Crippen LogP contribution in [0.5, 0.6) is 5.75 Å². The van der Waals surface area contributed by atoms with Gasteiger partial charge in [-0.25, -0.2) is 9.64 Å². The Morgan fingerprint density at radius 3 is 2.31 bits per heavy atom. The molecule has 4 nitrogen and oxygen atoms in total. The molecule has 0 aliphatic heterocycles. The van der Waals surface area contributed by atoms with Gasteiger partial charge in [0.15, 0.2) is 11.3 Å². The fraction of sp³-hybridized carbons (Fsp3) is 0.333. The highest BCUT2D eigenvalue weighted by Crippen LogP contribution is 2.22. The summed E-state index contributed by atoms with van der Waals surface area (Å²) in [5.41, 5.74) is -0.503. The van der Waals surface area contributed by atoms with Gasteiger partial charge in [0, 0.05) is 0 Å². The Kier molecular flexibility index (Phi) is 3.51. The lowest BCUT2D eigenvalue weighted by Crippen LogP contribution is -2.39. The van der Waals surface area contributed by atoms with Crippen molar-refractivity contribution in [2.45, 2.75) is 19.4 Å². The first kappa shape index (κ1) is 12.1. The number of benzene rings is 1. The van der Waals surface area contributed by atoms with Gasteiger partial charge in [0.2, 0.25) is 0 Å². The van der Waals surface area contributed by atoms with Crippen LogP contribution < -0.4 is 4.74 Å². The zero-order valence-corrected chi connectivity index (χ0v) is 9.48. The van der Waals surface area contributed by atoms with Crippen molar-refractivity contribution >= 4 is 11.7 Å². The first-order valence-corrected chi connectivity index (χ1v) is 4.74. The summed E-state index contributed by atoms with van der Waals surface area (Å²) in [7, 11) is 1.31. The summed E-state index contributed by atoms with van der Waals surface area (Å²) in [5, 5.41) is 0. The molecular weight excluding hydrogens is 206 g/mol. The first-order chi connectivity index (χ1) is 7.49. The van der Waals surface area contributed by atoms with Crippen LogP contribution in [0.1, 0.15) is 13.8 Å². The number of esters is 1. The second-order valence-electron chi connectivity index (χ2n) is 3.71. The first-order valence-electron chi connectivity index (χ1n) is 4.74. The van der Waals surface area contributed by atoms with Gasteiger partial charge in [-0.2, -0.15) is 0 Å². The third-order valence-corrected chi connectivity index (χ3v) is 2.02. The number of rotatable bonds is 3. The second-order valence-corrected chi connectivity index (χ2v) is 3.71. The monoisotopic (exact) mass is 219 g/mol. The molecule has 0 saturated carbocycles. The number of hydrogen-bond donors (Lipinski definition) is 0. The molecule has 0 unspecified atom stereocenters. The summed E-state index contributed by atoms with van der Waals surface area (Å²) in [6.07, 6.45) is 0. The topological polar surface area (TPSA) is 39.9 Å². The average molecular weight is 219 g/mol. The Morgan fingerprint density at radius 2 is 1.88 bits per heavy atom. The molecule has 1 aromatic rings. The highest BCUT2D eigenvalue weighted by molar-refractivity contribution is 5.78. The van der Waals surface area contributed by atoms with E-state index in [2.05, 4.69) is 9.58 Å². The molecule has 0 atom stereocenters. The third kappa shape index (κ3) is 2.74. The lowest BCUT2D eigenvalue weighted by Gasteiger charge is -2.23. The summed E-state index contributed by atoms with van der Waals surface area (Å²) in [5.74, 6) is 0.0876. The molecule has 0 saturated heterocycles. The molecule has 0 aliphatic carbocycles. The van der Waals surface area contributed by atoms with Crippen LogP contribution in [0.3, 0.4) is 0 Å². The Morgan fingerprint density at radius 1 is 1.31 bits per heavy atom. The SMILES string of the molecule is [C-]#[N+]c1ccc(OC(C)(C)C(=O)OC)cc1. The summed E-state index contributed by atoms with van der Waals surface area (Å²) >= 11 is 0. The maximum Gasteiger partial charge on any atom is 0.349 e. The van der Waals surface area contributed by atoms with E-state index in [1.165, 1.54) is 7.11 Å². The fourth-order valence-corrected chi connectivity index (χ4v) is 1.17. The van der Waals surface area contributed by atoms with Gasteiger partial charge in [-0.05, 0) is 26.0 Å². The van der Waals surface area contributed by atoms with Crippen LogP contribution in [0, 0.1) is 6.57 Å². The van der Waals surface area contributed by atoms with Crippen LogP contribution in [-0.2, 0) is 9.53 Å². The lowest BCUT2D eigenvalue weighted by molar-refractivity contribution is -0.156. The zero-order valence-electron chi connectivity index (χ0n) is 9.48. The minimum Gasteiger partial charge on any atom is -0.476 e. The van der Waals surface area contributed by atoms with Crippen LogP contribution in [0.25, 0.3) is 4.85 Å². The van der Waals surface area contributed by atoms with Gasteiger partial charge in [-0.3, -0.25) is 0 Å². The van der Waals surface area contributed by atoms with Gasteiger partial charge in [-0.1, -0.05) is 12.1 Å². The molecular formula is C12H13NO3. The van der Waals surface area contributed by atoms with E-state index >= 15 is 0 Å². The summed E-state index contributed by atoms with van der Waals surface area (Å²) in [6.45, 7) is 10.1. The average Bonchev–Trinajstić information content (AvgIpc) is 2.28. The number of carbonyl (C=O) groups is 1. The second kappa shape index (κ2) is 4.67. The van der Waals surface area contributed by atoms with Crippen LogP contribution in [0.15, 0.2) is 24.3 Å². The van der Waals surface area contributed by atoms with Crippen molar-refractivity contribution in [1.29, 1.82) is 0 Å². The minimum atomic E-state index is -1.03. The van der Waals surface area contributed by atoms with Gasteiger partial charge in [0.1, 0.15) is 5.75 Å². The van der Waals surface area contributed by atoms with Gasteiger partial charge < -0.3 is 9.47 Å². The van der Waals surface area contributed by atoms with E-state index in [9.17, 15) is 4.79 Å². The van der Waals surface area contributed by atoms with E-state index in [0.717, 1.165) is 0 Å². The smallest absolute Gasteiger partial charge is 0.349 e. The molecule has 0 radical (unpaired) electrons. The van der Waals surface area contributed by atoms with E-state index in [0.29, 0.717) is 11.4 Å². The van der Waals surface area contributed by atoms with Gasteiger partial charge >= 0.3 is 5.97 Å². The van der Waals surface area contributed by atoms with Crippen molar-refractivity contribution in [3.8, 4) is 5.75 Å². The molecule has 0 amide bonds. The van der Waals surface area contributed by atoms with E-state index in [-0.39, 0.29) is 0 Å². The molecule has 0 bridgehead atoms. The summed E-state index contributed by atoms with van der Waals surface area (Å²) in [6, 6.07) is 6.57. The third-order valence-electron chi connectivity index (χ3n) is 2.02. The van der Waals surface area contributed by atoms with E-state index in [1.807, 2.05) is 0 Å². The van der Waals surface area contributed by atoms with Crippen LogP contribution in [-0.4, -0.2) is 18.7 Å². The van der Waals surface area contributed by atoms with Crippen molar-refractivity contribution in [2.24, 2.45) is 0 Å². The quantitative estimate of drug-likeness (QED) is 0.579. The van der Waals surface area contributed by atoms with Crippen LogP contribution >= 0.6 is 0 Å². The number of carbonyl (C=O) groups excluding carboxylic acids is 1. The van der Waals surface area contributed by atoms with Crippen molar-refractivity contribution < 1.29 is 14.3 Å². The highest BCUT2D eigenvalue weighted by Gasteiger charge is 2.30. The number of nitrogens with zero attached hydrogens (tertiary/aromatic N) is 1. The molecule has 0 heterocycles. The van der Waals surface area contributed by atoms with Gasteiger partial charge in [0.25, 0.3) is 0 Å². The molecule has 0 aromatic heterocycles. The Bertz CT molecular complexity index is 415. The molecule has 1 aromatic carbocycles. The molecule has 0 aliphatic rings. The molecule has 0 fully saturated rings. The van der Waals surface area contributed by atoms with Crippen molar-refractivity contribution in [1.82, 2.24) is 0 Å². The molecule has 84 valence electrons. The predicted molar refractivity (Wildman–Crippen MR) is 59.4 cm³/mol. The Balaban J connectivity index is 2.81. The van der Waals surface area contributed by atoms with E-state index in [1.54, 1.807) is 38.1 Å². The maximum absolute atomic E-state index is 11.4. The van der Waals surface area contributed by atoms with Crippen LogP contribution in [0.2, 0.25) is 0 Å².